The highest BCUT2D eigenvalue weighted by Crippen LogP contribution is 1.97. The summed E-state index contributed by atoms with van der Waals surface area (Å²) in [5.41, 5.74) is 0. The van der Waals surface area contributed by atoms with Crippen molar-refractivity contribution in [3.05, 3.63) is 6.42 Å². The van der Waals surface area contributed by atoms with Crippen LogP contribution in [0.3, 0.4) is 0 Å². The average molecular weight is 100 g/mol. The topological polar surface area (TPSA) is 32.3 Å². The highest BCUT2D eigenvalue weighted by molar-refractivity contribution is 4.79. The molecule has 1 radical (unpaired) electrons. The molecule has 1 rings (SSSR count). The minimum absolute atomic E-state index is 0.131. The smallest absolute Gasteiger partial charge is 0.0667 e. The maximum absolute atomic E-state index is 8.82. The molecule has 41 valence electrons. The van der Waals surface area contributed by atoms with Gasteiger partial charge in [-0.25, -0.2) is 0 Å². The third kappa shape index (κ3) is 1.45. The third-order valence-corrected chi connectivity index (χ3v) is 1.11. The van der Waals surface area contributed by atoms with Crippen molar-refractivity contribution < 1.29 is 5.11 Å². The Morgan fingerprint density at radius 2 is 2.57 bits per heavy atom. The Bertz CT molecular complexity index is 50.0. The maximum atomic E-state index is 8.82. The SMILES string of the molecule is OC1C[CH]CNC1. The lowest BCUT2D eigenvalue weighted by atomic mass is 10.1. The van der Waals surface area contributed by atoms with Crippen LogP contribution in [-0.2, 0) is 0 Å². The average Bonchev–Trinajstić information content (AvgIpc) is 1.69. The van der Waals surface area contributed by atoms with Crippen LogP contribution in [0.25, 0.3) is 0 Å². The Balaban J connectivity index is 2.12. The molecule has 1 aliphatic rings. The molecule has 7 heavy (non-hydrogen) atoms. The normalized spacial score (nSPS) is 33.0. The van der Waals surface area contributed by atoms with E-state index in [4.69, 9.17) is 5.11 Å². The van der Waals surface area contributed by atoms with Crippen molar-refractivity contribution in [1.82, 2.24) is 5.32 Å². The minimum Gasteiger partial charge on any atom is -0.392 e. The van der Waals surface area contributed by atoms with Crippen LogP contribution in [0.2, 0.25) is 0 Å². The van der Waals surface area contributed by atoms with Crippen LogP contribution < -0.4 is 5.32 Å². The van der Waals surface area contributed by atoms with Gasteiger partial charge in [0.05, 0.1) is 6.10 Å². The maximum Gasteiger partial charge on any atom is 0.0667 e. The van der Waals surface area contributed by atoms with Crippen LogP contribution in [0.4, 0.5) is 0 Å². The van der Waals surface area contributed by atoms with Crippen molar-refractivity contribution in [3.8, 4) is 0 Å². The number of hydrogen-bond donors (Lipinski definition) is 2. The molecule has 0 aromatic heterocycles. The summed E-state index contributed by atoms with van der Waals surface area (Å²) in [6, 6.07) is 0. The fourth-order valence-electron chi connectivity index (χ4n) is 0.711. The molecule has 0 aromatic carbocycles. The second-order valence-electron chi connectivity index (χ2n) is 1.84. The van der Waals surface area contributed by atoms with Gasteiger partial charge in [0.2, 0.25) is 0 Å². The minimum atomic E-state index is -0.131. The molecule has 0 spiro atoms. The molecule has 1 heterocycles. The van der Waals surface area contributed by atoms with E-state index in [0.29, 0.717) is 0 Å². The van der Waals surface area contributed by atoms with E-state index in [1.165, 1.54) is 0 Å². The second-order valence-corrected chi connectivity index (χ2v) is 1.84. The number of piperidine rings is 1. The lowest BCUT2D eigenvalue weighted by Crippen LogP contribution is -2.33. The van der Waals surface area contributed by atoms with Gasteiger partial charge >= 0.3 is 0 Å². The molecular weight excluding hydrogens is 90.1 g/mol. The quantitative estimate of drug-likeness (QED) is 0.432. The summed E-state index contributed by atoms with van der Waals surface area (Å²) in [5, 5.41) is 11.8. The van der Waals surface area contributed by atoms with Crippen molar-refractivity contribution in [3.63, 3.8) is 0 Å². The van der Waals surface area contributed by atoms with Crippen LogP contribution >= 0.6 is 0 Å². The number of aliphatic hydroxyl groups is 1. The van der Waals surface area contributed by atoms with Crippen molar-refractivity contribution in [1.29, 1.82) is 0 Å². The van der Waals surface area contributed by atoms with E-state index in [1.54, 1.807) is 0 Å². The molecule has 1 aliphatic heterocycles. The van der Waals surface area contributed by atoms with Crippen LogP contribution in [-0.4, -0.2) is 24.3 Å². The molecule has 0 aromatic rings. The molecule has 1 unspecified atom stereocenters. The molecule has 2 heteroatoms. The first-order chi connectivity index (χ1) is 3.39. The van der Waals surface area contributed by atoms with E-state index in [-0.39, 0.29) is 6.10 Å². The van der Waals surface area contributed by atoms with Gasteiger partial charge in [-0.1, -0.05) is 0 Å². The lowest BCUT2D eigenvalue weighted by Gasteiger charge is -2.16. The van der Waals surface area contributed by atoms with Crippen molar-refractivity contribution in [2.45, 2.75) is 12.5 Å². The van der Waals surface area contributed by atoms with E-state index < -0.39 is 0 Å². The van der Waals surface area contributed by atoms with Crippen molar-refractivity contribution in [2.24, 2.45) is 0 Å². The predicted molar refractivity (Wildman–Crippen MR) is 27.8 cm³/mol. The lowest BCUT2D eigenvalue weighted by molar-refractivity contribution is 0.159. The molecule has 1 fully saturated rings. The van der Waals surface area contributed by atoms with Gasteiger partial charge in [-0.3, -0.25) is 0 Å². The summed E-state index contributed by atoms with van der Waals surface area (Å²) >= 11 is 0. The Hall–Kier alpha value is -0.0800. The highest BCUT2D eigenvalue weighted by atomic mass is 16.3. The molecule has 1 atom stereocenters. The van der Waals surface area contributed by atoms with Gasteiger partial charge in [0, 0.05) is 6.54 Å². The first kappa shape index (κ1) is 5.06. The van der Waals surface area contributed by atoms with Crippen LogP contribution in [0, 0.1) is 6.42 Å². The zero-order valence-corrected chi connectivity index (χ0v) is 4.22. The van der Waals surface area contributed by atoms with Gasteiger partial charge < -0.3 is 10.4 Å². The largest absolute Gasteiger partial charge is 0.392 e. The highest BCUT2D eigenvalue weighted by Gasteiger charge is 2.06. The molecule has 0 aliphatic carbocycles. The van der Waals surface area contributed by atoms with Gasteiger partial charge in [-0.15, -0.1) is 0 Å². The number of β-amino-alcohol motifs (C(OH)–C–C–N with tert-alkyl or cyclic N) is 1. The Morgan fingerprint density at radius 1 is 1.71 bits per heavy atom. The van der Waals surface area contributed by atoms with Crippen LogP contribution in [0.15, 0.2) is 0 Å². The molecule has 0 amide bonds. The first-order valence-electron chi connectivity index (χ1n) is 2.60. The van der Waals surface area contributed by atoms with Crippen LogP contribution in [0.5, 0.6) is 0 Å². The Kier molecular flexibility index (Phi) is 1.65. The van der Waals surface area contributed by atoms with Gasteiger partial charge in [-0.2, -0.15) is 0 Å². The molecular formula is C5H10NO. The monoisotopic (exact) mass is 100 g/mol. The zero-order valence-electron chi connectivity index (χ0n) is 4.22. The number of nitrogens with one attached hydrogen (secondary N) is 1. The fourth-order valence-corrected chi connectivity index (χ4v) is 0.711. The van der Waals surface area contributed by atoms with E-state index in [9.17, 15) is 0 Å². The number of hydrogen-bond acceptors (Lipinski definition) is 2. The molecule has 2 nitrogen and oxygen atoms in total. The van der Waals surface area contributed by atoms with Crippen molar-refractivity contribution in [2.75, 3.05) is 13.1 Å². The summed E-state index contributed by atoms with van der Waals surface area (Å²) in [4.78, 5) is 0. The summed E-state index contributed by atoms with van der Waals surface area (Å²) in [7, 11) is 0. The van der Waals surface area contributed by atoms with Gasteiger partial charge in [0.1, 0.15) is 0 Å². The first-order valence-corrected chi connectivity index (χ1v) is 2.60. The summed E-state index contributed by atoms with van der Waals surface area (Å²) in [5.74, 6) is 0. The zero-order chi connectivity index (χ0) is 5.11. The fraction of sp³-hybridized carbons (Fsp3) is 0.800. The Morgan fingerprint density at radius 3 is 2.86 bits per heavy atom. The van der Waals surface area contributed by atoms with E-state index >= 15 is 0 Å². The summed E-state index contributed by atoms with van der Waals surface area (Å²) < 4.78 is 0. The van der Waals surface area contributed by atoms with Gasteiger partial charge in [0.25, 0.3) is 0 Å². The number of aliphatic hydroxyl groups excluding tert-OH is 1. The standard InChI is InChI=1S/C5H10NO/c7-5-2-1-3-6-4-5/h1,5-7H,2-4H2. The number of rotatable bonds is 0. The Labute approximate surface area is 43.5 Å². The third-order valence-electron chi connectivity index (χ3n) is 1.11. The van der Waals surface area contributed by atoms with E-state index in [2.05, 4.69) is 5.32 Å². The van der Waals surface area contributed by atoms with E-state index in [1.807, 2.05) is 6.42 Å². The van der Waals surface area contributed by atoms with E-state index in [0.717, 1.165) is 19.5 Å². The molecule has 2 N–H and O–H groups in total. The summed E-state index contributed by atoms with van der Waals surface area (Å²) in [6.07, 6.45) is 2.77. The van der Waals surface area contributed by atoms with Crippen LogP contribution in [0.1, 0.15) is 6.42 Å². The van der Waals surface area contributed by atoms with Gasteiger partial charge in [0.15, 0.2) is 0 Å². The summed E-state index contributed by atoms with van der Waals surface area (Å²) in [6.45, 7) is 1.72. The molecule has 0 saturated carbocycles. The molecule has 0 bridgehead atoms. The second kappa shape index (κ2) is 2.28. The predicted octanol–water partition coefficient (Wildman–Crippen LogP) is -0.455. The van der Waals surface area contributed by atoms with Crippen molar-refractivity contribution >= 4 is 0 Å². The van der Waals surface area contributed by atoms with Gasteiger partial charge in [-0.05, 0) is 19.4 Å². The molecule has 1 saturated heterocycles.